The Hall–Kier alpha value is -2.30. The molecule has 2 aromatic rings. The summed E-state index contributed by atoms with van der Waals surface area (Å²) >= 11 is 0. The van der Waals surface area contributed by atoms with Crippen LogP contribution in [0.1, 0.15) is 12.7 Å². The number of nitrogens with zero attached hydrogens (tertiary/aromatic N) is 1. The highest BCUT2D eigenvalue weighted by molar-refractivity contribution is 5.90. The number of hydrogen-bond acceptors (Lipinski definition) is 4. The molecule has 2 N–H and O–H groups in total. The highest BCUT2D eigenvalue weighted by Gasteiger charge is 2.10. The number of benzene rings is 1. The molecule has 1 amide bonds. The lowest BCUT2D eigenvalue weighted by Crippen LogP contribution is -2.05. The normalized spacial score (nSPS) is 10.2. The Morgan fingerprint density at radius 1 is 1.41 bits per heavy atom. The molecule has 0 aliphatic rings. The molecular weight excluding hydrogens is 220 g/mol. The molecule has 0 radical (unpaired) electrons. The van der Waals surface area contributed by atoms with Gasteiger partial charge in [-0.2, -0.15) is 0 Å². The number of phenols is 1. The maximum atomic E-state index is 10.9. The number of rotatable bonds is 2. The third kappa shape index (κ3) is 2.44. The molecule has 1 aromatic heterocycles. The fraction of sp³-hybridized carbons (Fsp3) is 0.167. The first-order valence-electron chi connectivity index (χ1n) is 5.10. The largest absolute Gasteiger partial charge is 0.507 e. The lowest BCUT2D eigenvalue weighted by Gasteiger charge is -2.05. The summed E-state index contributed by atoms with van der Waals surface area (Å²) in [5.41, 5.74) is 1.66. The average Bonchev–Trinajstić information content (AvgIpc) is 2.67. The molecular formula is C12H12N2O3. The van der Waals surface area contributed by atoms with E-state index in [1.165, 1.54) is 13.0 Å². The van der Waals surface area contributed by atoms with Gasteiger partial charge < -0.3 is 14.9 Å². The zero-order chi connectivity index (χ0) is 12.4. The van der Waals surface area contributed by atoms with Crippen LogP contribution in [0.25, 0.3) is 11.3 Å². The Morgan fingerprint density at radius 2 is 2.18 bits per heavy atom. The van der Waals surface area contributed by atoms with Crippen LogP contribution in [0.4, 0.5) is 5.69 Å². The number of amides is 1. The third-order valence-corrected chi connectivity index (χ3v) is 2.22. The Kier molecular flexibility index (Phi) is 2.82. The SMILES string of the molecule is CC(=O)Nc1ccc(O)c(-c2cc(C)on2)c1. The van der Waals surface area contributed by atoms with Gasteiger partial charge in [0.25, 0.3) is 0 Å². The molecule has 2 rings (SSSR count). The summed E-state index contributed by atoms with van der Waals surface area (Å²) in [6.45, 7) is 3.19. The van der Waals surface area contributed by atoms with E-state index in [0.29, 0.717) is 22.7 Å². The number of aromatic hydroxyl groups is 1. The van der Waals surface area contributed by atoms with Crippen molar-refractivity contribution in [3.63, 3.8) is 0 Å². The van der Waals surface area contributed by atoms with Crippen molar-refractivity contribution in [2.75, 3.05) is 5.32 Å². The summed E-state index contributed by atoms with van der Waals surface area (Å²) in [5, 5.41) is 16.2. The third-order valence-electron chi connectivity index (χ3n) is 2.22. The second-order valence-electron chi connectivity index (χ2n) is 3.74. The quantitative estimate of drug-likeness (QED) is 0.779. The van der Waals surface area contributed by atoms with Gasteiger partial charge in [-0.25, -0.2) is 0 Å². The fourth-order valence-corrected chi connectivity index (χ4v) is 1.52. The Morgan fingerprint density at radius 3 is 2.76 bits per heavy atom. The smallest absolute Gasteiger partial charge is 0.221 e. The van der Waals surface area contributed by atoms with Crippen molar-refractivity contribution < 1.29 is 14.4 Å². The first-order chi connectivity index (χ1) is 8.06. The second kappa shape index (κ2) is 4.29. The molecule has 0 saturated heterocycles. The molecule has 0 spiro atoms. The summed E-state index contributed by atoms with van der Waals surface area (Å²) in [6.07, 6.45) is 0. The molecule has 1 heterocycles. The summed E-state index contributed by atoms with van der Waals surface area (Å²) in [4.78, 5) is 10.9. The molecule has 0 aliphatic heterocycles. The Labute approximate surface area is 98.1 Å². The molecule has 0 saturated carbocycles. The van der Waals surface area contributed by atoms with Gasteiger partial charge in [-0.3, -0.25) is 4.79 Å². The van der Waals surface area contributed by atoms with Crippen LogP contribution >= 0.6 is 0 Å². The average molecular weight is 232 g/mol. The minimum absolute atomic E-state index is 0.0902. The Bertz CT molecular complexity index is 561. The van der Waals surface area contributed by atoms with Gasteiger partial charge in [0.15, 0.2) is 0 Å². The van der Waals surface area contributed by atoms with Gasteiger partial charge in [-0.05, 0) is 25.1 Å². The van der Waals surface area contributed by atoms with E-state index < -0.39 is 0 Å². The lowest BCUT2D eigenvalue weighted by molar-refractivity contribution is -0.114. The van der Waals surface area contributed by atoms with E-state index in [0.717, 1.165) is 0 Å². The summed E-state index contributed by atoms with van der Waals surface area (Å²) in [6, 6.07) is 6.48. The predicted octanol–water partition coefficient (Wildman–Crippen LogP) is 2.31. The molecule has 0 bridgehead atoms. The molecule has 0 aliphatic carbocycles. The van der Waals surface area contributed by atoms with E-state index in [-0.39, 0.29) is 11.7 Å². The van der Waals surface area contributed by atoms with Gasteiger partial charge in [-0.1, -0.05) is 5.16 Å². The van der Waals surface area contributed by atoms with Gasteiger partial charge in [0, 0.05) is 24.2 Å². The van der Waals surface area contributed by atoms with Crippen molar-refractivity contribution in [3.8, 4) is 17.0 Å². The summed E-state index contributed by atoms with van der Waals surface area (Å²) in [7, 11) is 0. The van der Waals surface area contributed by atoms with Crippen molar-refractivity contribution in [1.82, 2.24) is 5.16 Å². The van der Waals surface area contributed by atoms with E-state index in [1.807, 2.05) is 0 Å². The van der Waals surface area contributed by atoms with Crippen LogP contribution in [0.3, 0.4) is 0 Å². The maximum Gasteiger partial charge on any atom is 0.221 e. The summed E-state index contributed by atoms with van der Waals surface area (Å²) < 4.78 is 4.95. The van der Waals surface area contributed by atoms with Crippen LogP contribution in [0.2, 0.25) is 0 Å². The highest BCUT2D eigenvalue weighted by atomic mass is 16.5. The Balaban J connectivity index is 2.42. The van der Waals surface area contributed by atoms with Crippen LogP contribution in [0, 0.1) is 6.92 Å². The van der Waals surface area contributed by atoms with Gasteiger partial charge in [0.05, 0.1) is 0 Å². The zero-order valence-electron chi connectivity index (χ0n) is 9.52. The maximum absolute atomic E-state index is 10.9. The fourth-order valence-electron chi connectivity index (χ4n) is 1.52. The van der Waals surface area contributed by atoms with Gasteiger partial charge >= 0.3 is 0 Å². The monoisotopic (exact) mass is 232 g/mol. The van der Waals surface area contributed by atoms with Crippen molar-refractivity contribution >= 4 is 11.6 Å². The number of carbonyl (C=O) groups excluding carboxylic acids is 1. The molecule has 0 fully saturated rings. The van der Waals surface area contributed by atoms with Crippen molar-refractivity contribution in [3.05, 3.63) is 30.0 Å². The predicted molar refractivity (Wildman–Crippen MR) is 62.6 cm³/mol. The highest BCUT2D eigenvalue weighted by Crippen LogP contribution is 2.31. The van der Waals surface area contributed by atoms with E-state index in [9.17, 15) is 9.90 Å². The van der Waals surface area contributed by atoms with Crippen molar-refractivity contribution in [2.24, 2.45) is 0 Å². The molecule has 5 nitrogen and oxygen atoms in total. The van der Waals surface area contributed by atoms with E-state index in [2.05, 4.69) is 10.5 Å². The minimum atomic E-state index is -0.169. The van der Waals surface area contributed by atoms with Gasteiger partial charge in [-0.15, -0.1) is 0 Å². The standard InChI is InChI=1S/C12H12N2O3/c1-7-5-11(14-17-7)10-6-9(13-8(2)15)3-4-12(10)16/h3-6,16H,1-2H3,(H,13,15). The number of nitrogens with one attached hydrogen (secondary N) is 1. The molecule has 0 unspecified atom stereocenters. The van der Waals surface area contributed by atoms with E-state index in [4.69, 9.17) is 4.52 Å². The lowest BCUT2D eigenvalue weighted by atomic mass is 10.1. The van der Waals surface area contributed by atoms with Crippen LogP contribution in [-0.2, 0) is 4.79 Å². The zero-order valence-corrected chi connectivity index (χ0v) is 9.52. The number of carbonyl (C=O) groups is 1. The van der Waals surface area contributed by atoms with E-state index >= 15 is 0 Å². The summed E-state index contributed by atoms with van der Waals surface area (Å²) in [5.74, 6) is 0.578. The second-order valence-corrected chi connectivity index (χ2v) is 3.74. The van der Waals surface area contributed by atoms with E-state index in [1.54, 1.807) is 25.1 Å². The number of aromatic nitrogens is 1. The molecule has 1 aromatic carbocycles. The van der Waals surface area contributed by atoms with Gasteiger partial charge in [0.1, 0.15) is 17.2 Å². The van der Waals surface area contributed by atoms with Crippen LogP contribution < -0.4 is 5.32 Å². The van der Waals surface area contributed by atoms with Crippen LogP contribution in [-0.4, -0.2) is 16.2 Å². The molecule has 17 heavy (non-hydrogen) atoms. The van der Waals surface area contributed by atoms with Crippen LogP contribution in [0.15, 0.2) is 28.8 Å². The van der Waals surface area contributed by atoms with Gasteiger partial charge in [0.2, 0.25) is 5.91 Å². The molecule has 0 atom stereocenters. The number of phenolic OH excluding ortho intramolecular Hbond substituents is 1. The number of hydrogen-bond donors (Lipinski definition) is 2. The van der Waals surface area contributed by atoms with Crippen LogP contribution in [0.5, 0.6) is 5.75 Å². The molecule has 88 valence electrons. The molecule has 5 heteroatoms. The van der Waals surface area contributed by atoms with Crippen molar-refractivity contribution in [2.45, 2.75) is 13.8 Å². The first-order valence-corrected chi connectivity index (χ1v) is 5.10. The minimum Gasteiger partial charge on any atom is -0.507 e. The van der Waals surface area contributed by atoms with Crippen molar-refractivity contribution in [1.29, 1.82) is 0 Å². The topological polar surface area (TPSA) is 75.4 Å². The number of anilines is 1. The first kappa shape index (κ1) is 11.2. The number of aryl methyl sites for hydroxylation is 1.